The van der Waals surface area contributed by atoms with E-state index in [1.54, 1.807) is 19.1 Å². The van der Waals surface area contributed by atoms with Crippen molar-refractivity contribution in [1.82, 2.24) is 4.90 Å². The number of likely N-dealkylation sites (tertiary alicyclic amines) is 1. The molecule has 1 aromatic rings. The molecule has 0 aromatic heterocycles. The van der Waals surface area contributed by atoms with Crippen LogP contribution >= 0.6 is 0 Å². The van der Waals surface area contributed by atoms with Crippen molar-refractivity contribution >= 4 is 11.8 Å². The third-order valence-electron chi connectivity index (χ3n) is 6.99. The van der Waals surface area contributed by atoms with Gasteiger partial charge in [0.1, 0.15) is 11.4 Å². The number of ether oxygens (including phenoxy) is 1. The Morgan fingerprint density at radius 2 is 1.89 bits per heavy atom. The van der Waals surface area contributed by atoms with Crippen molar-refractivity contribution in [3.63, 3.8) is 0 Å². The van der Waals surface area contributed by atoms with Crippen LogP contribution in [0.2, 0.25) is 0 Å². The van der Waals surface area contributed by atoms with Crippen LogP contribution in [-0.4, -0.2) is 53.1 Å². The minimum atomic E-state index is -0.813. The van der Waals surface area contributed by atoms with Crippen LogP contribution in [0.5, 0.6) is 0 Å². The van der Waals surface area contributed by atoms with Gasteiger partial charge in [0.2, 0.25) is 0 Å². The Hall–Kier alpha value is -1.79. The highest BCUT2D eigenvalue weighted by molar-refractivity contribution is 5.86. The molecule has 1 aliphatic carbocycles. The Kier molecular flexibility index (Phi) is 5.27. The lowest BCUT2D eigenvalue weighted by Crippen LogP contribution is -2.55. The van der Waals surface area contributed by atoms with Gasteiger partial charge in [-0.1, -0.05) is 12.1 Å². The summed E-state index contributed by atoms with van der Waals surface area (Å²) in [6, 6.07) is 6.35. The van der Waals surface area contributed by atoms with Crippen LogP contribution in [0.1, 0.15) is 50.5 Å². The molecule has 4 rings (SSSR count). The maximum atomic E-state index is 13.2. The number of hydrogen-bond acceptors (Lipinski definition) is 4. The molecule has 2 aliphatic heterocycles. The lowest BCUT2D eigenvalue weighted by atomic mass is 9.79. The van der Waals surface area contributed by atoms with Gasteiger partial charge in [-0.05, 0) is 75.1 Å². The van der Waals surface area contributed by atoms with Gasteiger partial charge in [0, 0.05) is 12.6 Å². The number of halogens is 1. The van der Waals surface area contributed by atoms with Gasteiger partial charge < -0.3 is 9.84 Å². The highest BCUT2D eigenvalue weighted by Gasteiger charge is 2.52. The van der Waals surface area contributed by atoms with Crippen molar-refractivity contribution in [3.8, 4) is 0 Å². The molecule has 0 bridgehead atoms. The summed E-state index contributed by atoms with van der Waals surface area (Å²) >= 11 is 0. The van der Waals surface area contributed by atoms with Crippen molar-refractivity contribution in [2.24, 2.45) is 11.8 Å². The molecule has 1 N–H and O–H groups in total. The zero-order valence-electron chi connectivity index (χ0n) is 16.3. The normalized spacial score (nSPS) is 34.1. The summed E-state index contributed by atoms with van der Waals surface area (Å²) in [7, 11) is 0. The molecule has 0 amide bonds. The molecule has 2 saturated heterocycles. The molecule has 152 valence electrons. The lowest BCUT2D eigenvalue weighted by molar-refractivity contribution is -0.162. The zero-order chi connectivity index (χ0) is 19.9. The van der Waals surface area contributed by atoms with E-state index in [4.69, 9.17) is 4.74 Å². The molecule has 28 heavy (non-hydrogen) atoms. The monoisotopic (exact) mass is 389 g/mol. The Morgan fingerprint density at radius 3 is 2.43 bits per heavy atom. The first-order valence-corrected chi connectivity index (χ1v) is 10.3. The van der Waals surface area contributed by atoms with E-state index < -0.39 is 17.5 Å². The van der Waals surface area contributed by atoms with Crippen LogP contribution in [0, 0.1) is 17.7 Å². The van der Waals surface area contributed by atoms with Gasteiger partial charge in [-0.15, -0.1) is 0 Å². The molecule has 2 heterocycles. The maximum Gasteiger partial charge on any atom is 0.308 e. The van der Waals surface area contributed by atoms with Crippen LogP contribution in [0.4, 0.5) is 4.39 Å². The van der Waals surface area contributed by atoms with Crippen LogP contribution in [0.25, 0.3) is 0 Å². The summed E-state index contributed by atoms with van der Waals surface area (Å²) in [5.41, 5.74) is 0.285. The molecule has 3 fully saturated rings. The van der Waals surface area contributed by atoms with E-state index in [0.29, 0.717) is 19.1 Å². The summed E-state index contributed by atoms with van der Waals surface area (Å²) in [5, 5.41) is 9.80. The number of Topliss-reactive ketones (excluding diaryl/α,β-unsaturated/α-hetero) is 1. The van der Waals surface area contributed by atoms with E-state index in [1.165, 1.54) is 12.1 Å². The first-order valence-electron chi connectivity index (χ1n) is 10.3. The molecule has 1 aromatic carbocycles. The van der Waals surface area contributed by atoms with Crippen LogP contribution < -0.4 is 0 Å². The number of carboxylic acids is 1. The number of aliphatic carboxylic acids is 1. The summed E-state index contributed by atoms with van der Waals surface area (Å²) in [6.07, 6.45) is 4.44. The third kappa shape index (κ3) is 3.60. The Morgan fingerprint density at radius 1 is 1.18 bits per heavy atom. The Labute approximate surface area is 164 Å². The lowest BCUT2D eigenvalue weighted by Gasteiger charge is -2.46. The van der Waals surface area contributed by atoms with Gasteiger partial charge in [0.15, 0.2) is 5.78 Å². The van der Waals surface area contributed by atoms with Gasteiger partial charge in [0.25, 0.3) is 0 Å². The number of carboxylic acid groups (broad SMARTS) is 1. The largest absolute Gasteiger partial charge is 0.481 e. The summed E-state index contributed by atoms with van der Waals surface area (Å²) < 4.78 is 19.4. The molecule has 1 saturated carbocycles. The number of ketones is 1. The van der Waals surface area contributed by atoms with Gasteiger partial charge in [0.05, 0.1) is 12.5 Å². The number of nitrogens with zero attached hydrogens (tertiary/aromatic N) is 1. The second-order valence-corrected chi connectivity index (χ2v) is 8.61. The Bertz CT molecular complexity index is 737. The smallest absolute Gasteiger partial charge is 0.308 e. The molecular weight excluding hydrogens is 361 g/mol. The minimum absolute atomic E-state index is 0.110. The molecule has 0 spiro atoms. The van der Waals surface area contributed by atoms with Gasteiger partial charge in [-0.25, -0.2) is 4.39 Å². The van der Waals surface area contributed by atoms with Crippen molar-refractivity contribution in [3.05, 3.63) is 35.6 Å². The molecule has 3 aliphatic rings. The predicted molar refractivity (Wildman–Crippen MR) is 102 cm³/mol. The molecule has 5 nitrogen and oxygen atoms in total. The summed E-state index contributed by atoms with van der Waals surface area (Å²) in [5.74, 6) is -1.26. The minimum Gasteiger partial charge on any atom is -0.481 e. The van der Waals surface area contributed by atoms with Crippen molar-refractivity contribution in [1.29, 1.82) is 0 Å². The zero-order valence-corrected chi connectivity index (χ0v) is 16.3. The third-order valence-corrected chi connectivity index (χ3v) is 6.99. The predicted octanol–water partition coefficient (Wildman–Crippen LogP) is 3.23. The van der Waals surface area contributed by atoms with Gasteiger partial charge in [-0.2, -0.15) is 0 Å². The van der Waals surface area contributed by atoms with E-state index in [-0.39, 0.29) is 23.6 Å². The number of rotatable bonds is 5. The topological polar surface area (TPSA) is 66.8 Å². The van der Waals surface area contributed by atoms with Crippen molar-refractivity contribution < 1.29 is 23.8 Å². The average molecular weight is 389 g/mol. The average Bonchev–Trinajstić information content (AvgIpc) is 3.54. The highest BCUT2D eigenvalue weighted by Crippen LogP contribution is 2.47. The van der Waals surface area contributed by atoms with E-state index in [1.807, 2.05) is 0 Å². The first kappa shape index (κ1) is 19.5. The van der Waals surface area contributed by atoms with Crippen molar-refractivity contribution in [2.75, 3.05) is 19.7 Å². The number of benzene rings is 1. The molecule has 0 radical (unpaired) electrons. The van der Waals surface area contributed by atoms with Crippen LogP contribution in [-0.2, 0) is 14.3 Å². The van der Waals surface area contributed by atoms with E-state index in [0.717, 1.165) is 44.2 Å². The quantitative estimate of drug-likeness (QED) is 0.838. The number of carbonyl (C=O) groups excluding carboxylic acids is 1. The van der Waals surface area contributed by atoms with Crippen molar-refractivity contribution in [2.45, 2.75) is 56.6 Å². The molecule has 4 atom stereocenters. The number of hydrogen-bond donors (Lipinski definition) is 1. The first-order chi connectivity index (χ1) is 13.4. The number of carbonyl (C=O) groups is 2. The number of piperidine rings is 1. The SMILES string of the molecule is CC(=O)[C@@]1(C2CC2)CCC(N2CC[C@@H](c3ccc(F)cc3)[C@H](C(=O)O)C2)CO1. The Balaban J connectivity index is 1.43. The molecular formula is C22H28FNO4. The molecule has 6 heteroatoms. The summed E-state index contributed by atoms with van der Waals surface area (Å²) in [6.45, 7) is 3.37. The summed E-state index contributed by atoms with van der Waals surface area (Å²) in [4.78, 5) is 26.4. The van der Waals surface area contributed by atoms with E-state index in [9.17, 15) is 19.1 Å². The van der Waals surface area contributed by atoms with Gasteiger partial charge in [-0.3, -0.25) is 14.5 Å². The second kappa shape index (κ2) is 7.56. The molecule has 1 unspecified atom stereocenters. The van der Waals surface area contributed by atoms with Gasteiger partial charge >= 0.3 is 5.97 Å². The standard InChI is InChI=1S/C22H28FNO4/c1-14(25)22(16-4-5-16)10-8-18(13-28-22)24-11-9-19(20(12-24)21(26)27)15-2-6-17(23)7-3-15/h2-3,6-7,16,18-20H,4-5,8-13H2,1H3,(H,26,27)/t18?,19-,20+,22+/m0/s1. The van der Waals surface area contributed by atoms with E-state index >= 15 is 0 Å². The fourth-order valence-electron chi connectivity index (χ4n) is 5.17. The van der Waals surface area contributed by atoms with Crippen LogP contribution in [0.15, 0.2) is 24.3 Å². The second-order valence-electron chi connectivity index (χ2n) is 8.61. The highest BCUT2D eigenvalue weighted by atomic mass is 19.1. The van der Waals surface area contributed by atoms with Crippen LogP contribution in [0.3, 0.4) is 0 Å². The van der Waals surface area contributed by atoms with E-state index in [2.05, 4.69) is 4.90 Å². The maximum absolute atomic E-state index is 13.2. The fraction of sp³-hybridized carbons (Fsp3) is 0.636. The fourth-order valence-corrected chi connectivity index (χ4v) is 5.17.